The summed E-state index contributed by atoms with van der Waals surface area (Å²) < 4.78 is 38.3. The van der Waals surface area contributed by atoms with E-state index in [1.165, 1.54) is 23.7 Å². The minimum absolute atomic E-state index is 0.320. The number of nitrogen functional groups attached to an aromatic ring is 1. The van der Waals surface area contributed by atoms with Crippen molar-refractivity contribution < 1.29 is 13.2 Å². The molecule has 0 aliphatic heterocycles. The highest BCUT2D eigenvalue weighted by Gasteiger charge is 2.28. The van der Waals surface area contributed by atoms with Crippen LogP contribution in [0.4, 0.5) is 18.3 Å². The number of rotatable bonds is 5. The molecule has 2 aromatic rings. The van der Waals surface area contributed by atoms with Crippen molar-refractivity contribution in [2.75, 3.05) is 12.8 Å². The zero-order valence-electron chi connectivity index (χ0n) is 10.8. The summed E-state index contributed by atoms with van der Waals surface area (Å²) in [5, 5.41) is 0.479. The van der Waals surface area contributed by atoms with E-state index in [9.17, 15) is 13.2 Å². The summed E-state index contributed by atoms with van der Waals surface area (Å²) >= 11 is 1.36. The minimum atomic E-state index is -4.25. The van der Waals surface area contributed by atoms with Gasteiger partial charge in [0.25, 0.3) is 0 Å². The van der Waals surface area contributed by atoms with Gasteiger partial charge in [-0.05, 0) is 7.05 Å². The number of aromatic nitrogens is 3. The predicted octanol–water partition coefficient (Wildman–Crippen LogP) is 2.12. The van der Waals surface area contributed by atoms with Gasteiger partial charge in [-0.1, -0.05) is 0 Å². The maximum atomic E-state index is 12.4. The van der Waals surface area contributed by atoms with Crippen LogP contribution in [0.2, 0.25) is 0 Å². The number of hydrogen-bond acceptors (Lipinski definition) is 5. The first kappa shape index (κ1) is 14.8. The third-order valence-corrected chi connectivity index (χ3v) is 3.37. The van der Waals surface area contributed by atoms with E-state index < -0.39 is 12.7 Å². The summed E-state index contributed by atoms with van der Waals surface area (Å²) in [5.41, 5.74) is 5.53. The lowest BCUT2D eigenvalue weighted by Gasteiger charge is -2.17. The number of halogens is 3. The smallest absolute Gasteiger partial charge is 0.375 e. The SMILES string of the molecule is CN(Cc1cnc(N)s1)Cc1nccn1CC(F)(F)F. The van der Waals surface area contributed by atoms with Gasteiger partial charge in [0.2, 0.25) is 0 Å². The maximum Gasteiger partial charge on any atom is 0.406 e. The fraction of sp³-hybridized carbons (Fsp3) is 0.455. The summed E-state index contributed by atoms with van der Waals surface area (Å²) in [6.45, 7) is -0.141. The van der Waals surface area contributed by atoms with Crippen molar-refractivity contribution in [3.05, 3.63) is 29.3 Å². The lowest BCUT2D eigenvalue weighted by atomic mass is 10.4. The standard InChI is InChI=1S/C11H14F3N5S/c1-18(5-8-4-17-10(15)20-8)6-9-16-2-3-19(9)7-11(12,13)14/h2-4H,5-7H2,1H3,(H2,15,17). The Bertz CT molecular complexity index is 562. The molecule has 0 saturated heterocycles. The molecular weight excluding hydrogens is 291 g/mol. The molecule has 9 heteroatoms. The van der Waals surface area contributed by atoms with Crippen molar-refractivity contribution in [3.63, 3.8) is 0 Å². The van der Waals surface area contributed by atoms with Crippen molar-refractivity contribution in [2.45, 2.75) is 25.8 Å². The number of anilines is 1. The zero-order valence-corrected chi connectivity index (χ0v) is 11.6. The van der Waals surface area contributed by atoms with Crippen molar-refractivity contribution in [3.8, 4) is 0 Å². The van der Waals surface area contributed by atoms with Gasteiger partial charge in [-0.25, -0.2) is 9.97 Å². The summed E-state index contributed by atoms with van der Waals surface area (Å²) in [6.07, 6.45) is 0.125. The Morgan fingerprint density at radius 2 is 2.10 bits per heavy atom. The third-order valence-electron chi connectivity index (χ3n) is 2.56. The van der Waals surface area contributed by atoms with E-state index in [0.29, 0.717) is 24.0 Å². The molecule has 0 atom stereocenters. The highest BCUT2D eigenvalue weighted by Crippen LogP contribution is 2.20. The molecule has 5 nitrogen and oxygen atoms in total. The number of thiazole rings is 1. The van der Waals surface area contributed by atoms with E-state index in [4.69, 9.17) is 5.73 Å². The molecule has 0 bridgehead atoms. The van der Waals surface area contributed by atoms with Gasteiger partial charge in [0.15, 0.2) is 5.13 Å². The second kappa shape index (κ2) is 5.80. The number of imidazole rings is 1. The molecule has 0 amide bonds. The Labute approximate surface area is 117 Å². The summed E-state index contributed by atoms with van der Waals surface area (Å²) in [4.78, 5) is 10.7. The van der Waals surface area contributed by atoms with Gasteiger partial charge in [0.05, 0.1) is 6.54 Å². The highest BCUT2D eigenvalue weighted by atomic mass is 32.1. The number of hydrogen-bond donors (Lipinski definition) is 1. The van der Waals surface area contributed by atoms with Crippen LogP contribution in [0.5, 0.6) is 0 Å². The van der Waals surface area contributed by atoms with Crippen LogP contribution in [-0.4, -0.2) is 32.7 Å². The first-order chi connectivity index (χ1) is 9.33. The van der Waals surface area contributed by atoms with Gasteiger partial charge in [0.1, 0.15) is 12.4 Å². The highest BCUT2D eigenvalue weighted by molar-refractivity contribution is 7.15. The van der Waals surface area contributed by atoms with Crippen molar-refractivity contribution in [2.24, 2.45) is 0 Å². The van der Waals surface area contributed by atoms with Crippen LogP contribution in [0.25, 0.3) is 0 Å². The Morgan fingerprint density at radius 3 is 2.70 bits per heavy atom. The van der Waals surface area contributed by atoms with E-state index in [1.54, 1.807) is 6.20 Å². The van der Waals surface area contributed by atoms with Crippen LogP contribution in [0.3, 0.4) is 0 Å². The fourth-order valence-electron chi connectivity index (χ4n) is 1.79. The van der Waals surface area contributed by atoms with E-state index in [1.807, 2.05) is 11.9 Å². The van der Waals surface area contributed by atoms with Gasteiger partial charge in [-0.15, -0.1) is 11.3 Å². The average molecular weight is 305 g/mol. The third kappa shape index (κ3) is 4.20. The average Bonchev–Trinajstić information content (AvgIpc) is 2.87. The predicted molar refractivity (Wildman–Crippen MR) is 70.0 cm³/mol. The van der Waals surface area contributed by atoms with Crippen molar-refractivity contribution in [1.29, 1.82) is 0 Å². The van der Waals surface area contributed by atoms with Crippen LogP contribution in [0, 0.1) is 0 Å². The molecule has 20 heavy (non-hydrogen) atoms. The van der Waals surface area contributed by atoms with Crippen LogP contribution in [0.1, 0.15) is 10.7 Å². The van der Waals surface area contributed by atoms with Gasteiger partial charge in [0, 0.05) is 30.0 Å². The van der Waals surface area contributed by atoms with Crippen LogP contribution >= 0.6 is 11.3 Å². The Balaban J connectivity index is 1.97. The molecule has 0 fully saturated rings. The molecule has 0 unspecified atom stereocenters. The summed E-state index contributed by atoms with van der Waals surface area (Å²) in [6, 6.07) is 0. The Morgan fingerprint density at radius 1 is 1.35 bits per heavy atom. The molecule has 0 radical (unpaired) electrons. The molecule has 0 saturated carbocycles. The first-order valence-corrected chi connectivity index (χ1v) is 6.60. The molecule has 0 aliphatic rings. The molecule has 0 aliphatic carbocycles. The van der Waals surface area contributed by atoms with Gasteiger partial charge < -0.3 is 10.3 Å². The lowest BCUT2D eigenvalue weighted by Crippen LogP contribution is -2.23. The summed E-state index contributed by atoms with van der Waals surface area (Å²) in [7, 11) is 1.81. The Kier molecular flexibility index (Phi) is 4.29. The van der Waals surface area contributed by atoms with E-state index in [0.717, 1.165) is 9.44 Å². The van der Waals surface area contributed by atoms with Crippen LogP contribution in [-0.2, 0) is 19.6 Å². The molecule has 2 aromatic heterocycles. The fourth-order valence-corrected chi connectivity index (χ4v) is 2.55. The lowest BCUT2D eigenvalue weighted by molar-refractivity contribution is -0.141. The topological polar surface area (TPSA) is 60.0 Å². The van der Waals surface area contributed by atoms with Gasteiger partial charge >= 0.3 is 6.18 Å². The maximum absolute atomic E-state index is 12.4. The number of nitrogens with two attached hydrogens (primary N) is 1. The van der Waals surface area contributed by atoms with Gasteiger partial charge in [-0.2, -0.15) is 13.2 Å². The molecule has 110 valence electrons. The van der Waals surface area contributed by atoms with Crippen LogP contribution < -0.4 is 5.73 Å². The quantitative estimate of drug-likeness (QED) is 0.919. The van der Waals surface area contributed by atoms with Gasteiger partial charge in [-0.3, -0.25) is 4.90 Å². The summed E-state index contributed by atoms with van der Waals surface area (Å²) in [5.74, 6) is 0.377. The second-order valence-electron chi connectivity index (χ2n) is 4.42. The molecular formula is C11H14F3N5S. The number of alkyl halides is 3. The molecule has 2 rings (SSSR count). The largest absolute Gasteiger partial charge is 0.406 e. The normalized spacial score (nSPS) is 12.2. The van der Waals surface area contributed by atoms with Crippen LogP contribution in [0.15, 0.2) is 18.6 Å². The van der Waals surface area contributed by atoms with Crippen molar-refractivity contribution in [1.82, 2.24) is 19.4 Å². The molecule has 2 heterocycles. The van der Waals surface area contributed by atoms with E-state index in [2.05, 4.69) is 9.97 Å². The molecule has 0 aromatic carbocycles. The zero-order chi connectivity index (χ0) is 14.8. The molecule has 0 spiro atoms. The monoisotopic (exact) mass is 305 g/mol. The first-order valence-electron chi connectivity index (χ1n) is 5.79. The minimum Gasteiger partial charge on any atom is -0.375 e. The second-order valence-corrected chi connectivity index (χ2v) is 5.57. The molecule has 2 N–H and O–H groups in total. The number of nitrogens with zero attached hydrogens (tertiary/aromatic N) is 4. The van der Waals surface area contributed by atoms with Crippen molar-refractivity contribution >= 4 is 16.5 Å². The Hall–Kier alpha value is -1.61. The van der Waals surface area contributed by atoms with E-state index >= 15 is 0 Å². The van der Waals surface area contributed by atoms with E-state index in [-0.39, 0.29) is 0 Å².